The lowest BCUT2D eigenvalue weighted by Crippen LogP contribution is -2.25. The van der Waals surface area contributed by atoms with Gasteiger partial charge in [-0.3, -0.25) is 4.72 Å². The van der Waals surface area contributed by atoms with E-state index in [0.29, 0.717) is 0 Å². The van der Waals surface area contributed by atoms with Crippen LogP contribution in [-0.2, 0) is 24.3 Å². The SMILES string of the molecule is COC(=O)[C@@H](C)OC(=O)c1cccc(S(=O)(=O)Nc2ccccc2Cl)c1. The van der Waals surface area contributed by atoms with E-state index in [0.717, 1.165) is 6.07 Å². The summed E-state index contributed by atoms with van der Waals surface area (Å²) in [6, 6.07) is 11.6. The van der Waals surface area contributed by atoms with Crippen LogP contribution in [-0.4, -0.2) is 33.6 Å². The Balaban J connectivity index is 2.24. The Labute approximate surface area is 155 Å². The summed E-state index contributed by atoms with van der Waals surface area (Å²) in [4.78, 5) is 23.3. The van der Waals surface area contributed by atoms with Crippen LogP contribution in [0.2, 0.25) is 5.02 Å². The molecular weight excluding hydrogens is 382 g/mol. The van der Waals surface area contributed by atoms with Gasteiger partial charge in [0.2, 0.25) is 0 Å². The van der Waals surface area contributed by atoms with Crippen molar-refractivity contribution < 1.29 is 27.5 Å². The van der Waals surface area contributed by atoms with Crippen LogP contribution in [0.3, 0.4) is 0 Å². The Morgan fingerprint density at radius 1 is 1.12 bits per heavy atom. The molecule has 0 saturated carbocycles. The highest BCUT2D eigenvalue weighted by molar-refractivity contribution is 7.92. The molecule has 0 saturated heterocycles. The first-order chi connectivity index (χ1) is 12.2. The van der Waals surface area contributed by atoms with Crippen molar-refractivity contribution in [3.05, 3.63) is 59.1 Å². The second kappa shape index (κ2) is 8.20. The van der Waals surface area contributed by atoms with Crippen molar-refractivity contribution in [1.82, 2.24) is 0 Å². The van der Waals surface area contributed by atoms with E-state index in [2.05, 4.69) is 9.46 Å². The summed E-state index contributed by atoms with van der Waals surface area (Å²) in [5.41, 5.74) is 0.184. The predicted molar refractivity (Wildman–Crippen MR) is 95.6 cm³/mol. The Hall–Kier alpha value is -2.58. The zero-order valence-corrected chi connectivity index (χ0v) is 15.5. The third-order valence-electron chi connectivity index (χ3n) is 3.32. The molecule has 0 aliphatic rings. The van der Waals surface area contributed by atoms with E-state index in [1.807, 2.05) is 0 Å². The van der Waals surface area contributed by atoms with Gasteiger partial charge in [-0.1, -0.05) is 29.8 Å². The third-order valence-corrected chi connectivity index (χ3v) is 5.01. The van der Waals surface area contributed by atoms with E-state index in [-0.39, 0.29) is 21.2 Å². The molecule has 7 nitrogen and oxygen atoms in total. The van der Waals surface area contributed by atoms with E-state index < -0.39 is 28.1 Å². The summed E-state index contributed by atoms with van der Waals surface area (Å²) in [7, 11) is -2.81. The molecule has 0 aliphatic carbocycles. The minimum Gasteiger partial charge on any atom is -0.466 e. The van der Waals surface area contributed by atoms with Gasteiger partial charge >= 0.3 is 11.9 Å². The first-order valence-corrected chi connectivity index (χ1v) is 9.27. The van der Waals surface area contributed by atoms with Crippen molar-refractivity contribution in [3.8, 4) is 0 Å². The summed E-state index contributed by atoms with van der Waals surface area (Å²) in [6.07, 6.45) is -1.12. The number of anilines is 1. The number of hydrogen-bond acceptors (Lipinski definition) is 6. The van der Waals surface area contributed by atoms with Gasteiger partial charge in [-0.15, -0.1) is 0 Å². The first kappa shape index (κ1) is 19.7. The zero-order valence-electron chi connectivity index (χ0n) is 13.9. The number of carbonyl (C=O) groups excluding carboxylic acids is 2. The monoisotopic (exact) mass is 397 g/mol. The number of hydrogen-bond donors (Lipinski definition) is 1. The molecular formula is C17H16ClNO6S. The molecule has 0 fully saturated rings. The van der Waals surface area contributed by atoms with Crippen molar-refractivity contribution >= 4 is 39.3 Å². The summed E-state index contributed by atoms with van der Waals surface area (Å²) in [5.74, 6) is -1.57. The van der Waals surface area contributed by atoms with Gasteiger partial charge in [0.05, 0.1) is 28.3 Å². The number of rotatable bonds is 6. The molecule has 0 spiro atoms. The zero-order chi connectivity index (χ0) is 19.3. The highest BCUT2D eigenvalue weighted by Gasteiger charge is 2.22. The van der Waals surface area contributed by atoms with Gasteiger partial charge in [-0.25, -0.2) is 18.0 Å². The molecule has 9 heteroatoms. The maximum absolute atomic E-state index is 12.5. The molecule has 1 atom stereocenters. The number of halogens is 1. The summed E-state index contributed by atoms with van der Waals surface area (Å²) in [5, 5.41) is 0.235. The van der Waals surface area contributed by atoms with Crippen LogP contribution in [0.1, 0.15) is 17.3 Å². The molecule has 138 valence electrons. The van der Waals surface area contributed by atoms with Gasteiger partial charge in [0.25, 0.3) is 10.0 Å². The van der Waals surface area contributed by atoms with Crippen molar-refractivity contribution in [3.63, 3.8) is 0 Å². The van der Waals surface area contributed by atoms with Crippen molar-refractivity contribution in [1.29, 1.82) is 0 Å². The predicted octanol–water partition coefficient (Wildman–Crippen LogP) is 2.86. The number of esters is 2. The van der Waals surface area contributed by atoms with Crippen molar-refractivity contribution in [2.45, 2.75) is 17.9 Å². The molecule has 0 heterocycles. The van der Waals surface area contributed by atoms with E-state index in [1.165, 1.54) is 38.3 Å². The topological polar surface area (TPSA) is 98.8 Å². The number of sulfonamides is 1. The average Bonchev–Trinajstić information content (AvgIpc) is 2.62. The molecule has 0 bridgehead atoms. The molecule has 0 radical (unpaired) electrons. The van der Waals surface area contributed by atoms with Crippen LogP contribution in [0.15, 0.2) is 53.4 Å². The molecule has 0 aromatic heterocycles. The Kier molecular flexibility index (Phi) is 6.23. The Morgan fingerprint density at radius 3 is 2.46 bits per heavy atom. The lowest BCUT2D eigenvalue weighted by Gasteiger charge is -2.12. The minimum atomic E-state index is -3.98. The van der Waals surface area contributed by atoms with Crippen LogP contribution in [0, 0.1) is 0 Å². The van der Waals surface area contributed by atoms with Crippen LogP contribution in [0.25, 0.3) is 0 Å². The molecule has 0 unspecified atom stereocenters. The highest BCUT2D eigenvalue weighted by Crippen LogP contribution is 2.24. The normalized spacial score (nSPS) is 12.1. The fraction of sp³-hybridized carbons (Fsp3) is 0.176. The van der Waals surface area contributed by atoms with Crippen LogP contribution < -0.4 is 4.72 Å². The second-order valence-electron chi connectivity index (χ2n) is 5.18. The van der Waals surface area contributed by atoms with E-state index >= 15 is 0 Å². The molecule has 0 aliphatic heterocycles. The molecule has 2 rings (SSSR count). The molecule has 2 aromatic rings. The molecule has 1 N–H and O–H groups in total. The lowest BCUT2D eigenvalue weighted by atomic mass is 10.2. The van der Waals surface area contributed by atoms with Gasteiger partial charge in [0, 0.05) is 0 Å². The largest absolute Gasteiger partial charge is 0.466 e. The Morgan fingerprint density at radius 2 is 1.81 bits per heavy atom. The minimum absolute atomic E-state index is 0.0252. The van der Waals surface area contributed by atoms with Crippen molar-refractivity contribution in [2.24, 2.45) is 0 Å². The quantitative estimate of drug-likeness (QED) is 0.752. The smallest absolute Gasteiger partial charge is 0.346 e. The van der Waals surface area contributed by atoms with Gasteiger partial charge in [0.15, 0.2) is 6.10 Å². The third kappa shape index (κ3) is 4.74. The van der Waals surface area contributed by atoms with E-state index in [9.17, 15) is 18.0 Å². The maximum Gasteiger partial charge on any atom is 0.346 e. The molecule has 26 heavy (non-hydrogen) atoms. The standard InChI is InChI=1S/C17H16ClNO6S/c1-11(16(20)24-2)25-17(21)12-6-5-7-13(10-12)26(22,23)19-15-9-4-3-8-14(15)18/h3-11,19H,1-2H3/t11-/m1/s1. The fourth-order valence-electron chi connectivity index (χ4n) is 1.98. The first-order valence-electron chi connectivity index (χ1n) is 7.41. The number of methoxy groups -OCH3 is 1. The van der Waals surface area contributed by atoms with Gasteiger partial charge in [-0.2, -0.15) is 0 Å². The van der Waals surface area contributed by atoms with Crippen LogP contribution in [0.5, 0.6) is 0 Å². The number of para-hydroxylation sites is 1. The fourth-order valence-corrected chi connectivity index (χ4v) is 3.34. The maximum atomic E-state index is 12.5. The van der Waals surface area contributed by atoms with Gasteiger partial charge < -0.3 is 9.47 Å². The number of benzene rings is 2. The van der Waals surface area contributed by atoms with E-state index in [1.54, 1.807) is 18.2 Å². The van der Waals surface area contributed by atoms with Crippen LogP contribution in [0.4, 0.5) is 5.69 Å². The number of ether oxygens (including phenoxy) is 2. The summed E-state index contributed by atoms with van der Waals surface area (Å²) >= 11 is 5.96. The highest BCUT2D eigenvalue weighted by atomic mass is 35.5. The second-order valence-corrected chi connectivity index (χ2v) is 7.27. The molecule has 2 aromatic carbocycles. The van der Waals surface area contributed by atoms with Crippen molar-refractivity contribution in [2.75, 3.05) is 11.8 Å². The van der Waals surface area contributed by atoms with Crippen LogP contribution >= 0.6 is 11.6 Å². The van der Waals surface area contributed by atoms with Gasteiger partial charge in [0.1, 0.15) is 0 Å². The number of nitrogens with one attached hydrogen (secondary N) is 1. The van der Waals surface area contributed by atoms with E-state index in [4.69, 9.17) is 16.3 Å². The summed E-state index contributed by atoms with van der Waals surface area (Å²) in [6.45, 7) is 1.35. The van der Waals surface area contributed by atoms with Gasteiger partial charge in [-0.05, 0) is 37.3 Å². The summed E-state index contributed by atoms with van der Waals surface area (Å²) < 4.78 is 36.8. The lowest BCUT2D eigenvalue weighted by molar-refractivity contribution is -0.149. The average molecular weight is 398 g/mol. The Bertz CT molecular complexity index is 928. The molecule has 0 amide bonds. The number of carbonyl (C=O) groups is 2.